The van der Waals surface area contributed by atoms with Gasteiger partial charge in [0.05, 0.1) is 14.2 Å². The fourth-order valence-electron chi connectivity index (χ4n) is 11.0. The van der Waals surface area contributed by atoms with E-state index in [4.69, 9.17) is 9.47 Å². The molecule has 0 heterocycles. The van der Waals surface area contributed by atoms with E-state index in [0.717, 1.165) is 28.7 Å². The highest BCUT2D eigenvalue weighted by molar-refractivity contribution is 5.97. The van der Waals surface area contributed by atoms with Crippen LogP contribution in [0.15, 0.2) is 36.4 Å². The first-order valence-corrected chi connectivity index (χ1v) is 12.3. The number of allylic oxidation sites excluding steroid dienone is 2. The Morgan fingerprint density at radius 2 is 1.22 bits per heavy atom. The Bertz CT molecular complexity index is 1130. The normalized spacial score (nSPS) is 47.5. The van der Waals surface area contributed by atoms with Crippen LogP contribution in [0.2, 0.25) is 0 Å². The Morgan fingerprint density at radius 3 is 1.62 bits per heavy atom. The van der Waals surface area contributed by atoms with E-state index in [1.807, 2.05) is 0 Å². The van der Waals surface area contributed by atoms with Crippen LogP contribution >= 0.6 is 0 Å². The second-order valence-electron chi connectivity index (χ2n) is 11.3. The summed E-state index contributed by atoms with van der Waals surface area (Å²) >= 11 is 0. The Hall–Kier alpha value is -2.04. The number of methoxy groups -OCH3 is 2. The van der Waals surface area contributed by atoms with Gasteiger partial charge in [0.1, 0.15) is 11.5 Å². The molecular weight excluding hydrogens is 400 g/mol. The van der Waals surface area contributed by atoms with Gasteiger partial charge in [0.2, 0.25) is 0 Å². The lowest BCUT2D eigenvalue weighted by Gasteiger charge is -2.84. The van der Waals surface area contributed by atoms with E-state index >= 15 is 0 Å². The maximum atomic E-state index is 11.0. The lowest BCUT2D eigenvalue weighted by Crippen LogP contribution is -2.84. The van der Waals surface area contributed by atoms with Crippen LogP contribution in [0.4, 0.5) is 0 Å². The summed E-state index contributed by atoms with van der Waals surface area (Å²) in [6.45, 7) is 0.414. The fraction of sp³-hybridized carbons (Fsp3) is 0.571. The maximum Gasteiger partial charge on any atom is 0.130 e. The van der Waals surface area contributed by atoms with Crippen LogP contribution in [-0.2, 0) is 0 Å². The predicted octanol–water partition coefficient (Wildman–Crippen LogP) is 4.10. The van der Waals surface area contributed by atoms with Crippen molar-refractivity contribution < 1.29 is 19.7 Å². The number of hydrogen-bond acceptors (Lipinski definition) is 4. The molecule has 4 saturated carbocycles. The lowest BCUT2D eigenvalue weighted by atomic mass is 9.19. The van der Waals surface area contributed by atoms with E-state index in [1.165, 1.54) is 17.5 Å². The van der Waals surface area contributed by atoms with Gasteiger partial charge >= 0.3 is 0 Å². The van der Waals surface area contributed by atoms with Gasteiger partial charge in [-0.15, -0.1) is 0 Å². The quantitative estimate of drug-likeness (QED) is 0.567. The summed E-state index contributed by atoms with van der Waals surface area (Å²) in [7, 11) is 3.58. The monoisotopic (exact) mass is 430 g/mol. The summed E-state index contributed by atoms with van der Waals surface area (Å²) in [6, 6.07) is 8.42. The molecule has 0 aliphatic heterocycles. The topological polar surface area (TPSA) is 58.9 Å². The zero-order chi connectivity index (χ0) is 21.6. The lowest BCUT2D eigenvalue weighted by molar-refractivity contribution is -0.390. The molecule has 4 fully saturated rings. The van der Waals surface area contributed by atoms with Crippen molar-refractivity contribution in [2.75, 3.05) is 27.4 Å². The van der Waals surface area contributed by atoms with Gasteiger partial charge in [-0.1, -0.05) is 36.4 Å². The summed E-state index contributed by atoms with van der Waals surface area (Å²) in [4.78, 5) is 0. The van der Waals surface area contributed by atoms with E-state index in [2.05, 4.69) is 36.4 Å². The SMILES string of the molecule is COc1c2c(c(OC)c3ccccc13)[C@@H]1C[C@H]2[C@@H]2[C@H]1[C@@]1(CO)[C@H]3[C@H]([C@@H]4C=C[C@H]3C4)[C@@]21CO. The van der Waals surface area contributed by atoms with Crippen molar-refractivity contribution in [1.29, 1.82) is 0 Å². The molecule has 2 aromatic carbocycles. The predicted molar refractivity (Wildman–Crippen MR) is 121 cm³/mol. The van der Waals surface area contributed by atoms with Gasteiger partial charge < -0.3 is 19.7 Å². The number of hydrogen-bond donors (Lipinski definition) is 2. The van der Waals surface area contributed by atoms with Crippen molar-refractivity contribution in [3.8, 4) is 11.5 Å². The summed E-state index contributed by atoms with van der Waals surface area (Å²) in [5.74, 6) is 5.87. The van der Waals surface area contributed by atoms with Crippen LogP contribution < -0.4 is 9.47 Å². The Morgan fingerprint density at radius 1 is 0.750 bits per heavy atom. The molecule has 4 heteroatoms. The van der Waals surface area contributed by atoms with E-state index < -0.39 is 0 Å². The second-order valence-corrected chi connectivity index (χ2v) is 11.3. The van der Waals surface area contributed by atoms with Gasteiger partial charge in [0.15, 0.2) is 0 Å². The number of aliphatic hydroxyl groups excluding tert-OH is 2. The van der Waals surface area contributed by atoms with Crippen LogP contribution in [0.3, 0.4) is 0 Å². The molecule has 0 aromatic heterocycles. The minimum atomic E-state index is -0.137. The zero-order valence-electron chi connectivity index (χ0n) is 18.6. The van der Waals surface area contributed by atoms with Gasteiger partial charge in [-0.05, 0) is 60.2 Å². The molecule has 2 aromatic rings. The minimum absolute atomic E-state index is 0.137. The third kappa shape index (κ3) is 1.49. The summed E-state index contributed by atoms with van der Waals surface area (Å²) in [5.41, 5.74) is 2.39. The van der Waals surface area contributed by atoms with Crippen LogP contribution in [0.25, 0.3) is 10.8 Å². The zero-order valence-corrected chi connectivity index (χ0v) is 18.6. The van der Waals surface area contributed by atoms with Gasteiger partial charge in [0, 0.05) is 45.9 Å². The molecule has 2 N–H and O–H groups in total. The molecule has 6 aliphatic carbocycles. The number of benzene rings is 2. The molecule has 32 heavy (non-hydrogen) atoms. The van der Waals surface area contributed by atoms with Crippen LogP contribution in [0.1, 0.15) is 35.8 Å². The maximum absolute atomic E-state index is 11.0. The molecule has 10 atom stereocenters. The van der Waals surface area contributed by atoms with Crippen LogP contribution in [0.5, 0.6) is 11.5 Å². The number of rotatable bonds is 4. The third-order valence-electron chi connectivity index (χ3n) is 11.3. The van der Waals surface area contributed by atoms with Gasteiger partial charge in [-0.3, -0.25) is 0 Å². The molecule has 0 unspecified atom stereocenters. The van der Waals surface area contributed by atoms with E-state index in [9.17, 15) is 10.2 Å². The first-order chi connectivity index (χ1) is 15.7. The van der Waals surface area contributed by atoms with Gasteiger partial charge in [-0.25, -0.2) is 0 Å². The highest BCUT2D eigenvalue weighted by Gasteiger charge is 2.91. The molecule has 166 valence electrons. The summed E-state index contributed by atoms with van der Waals surface area (Å²) < 4.78 is 12.2. The number of ether oxygens (including phenoxy) is 2. The van der Waals surface area contributed by atoms with Crippen LogP contribution in [0, 0.1) is 46.3 Å². The highest BCUT2D eigenvalue weighted by Crippen LogP contribution is 2.93. The molecule has 6 aliphatic rings. The minimum Gasteiger partial charge on any atom is -0.496 e. The van der Waals surface area contributed by atoms with Gasteiger partial charge in [-0.2, -0.15) is 0 Å². The Labute approximate surface area is 188 Å². The molecule has 0 spiro atoms. The first kappa shape index (κ1) is 18.4. The first-order valence-electron chi connectivity index (χ1n) is 12.3. The average molecular weight is 431 g/mol. The third-order valence-corrected chi connectivity index (χ3v) is 11.3. The van der Waals surface area contributed by atoms with Crippen molar-refractivity contribution in [3.63, 3.8) is 0 Å². The molecule has 8 rings (SSSR count). The van der Waals surface area contributed by atoms with Crippen molar-refractivity contribution >= 4 is 10.8 Å². The van der Waals surface area contributed by atoms with E-state index in [0.29, 0.717) is 47.3 Å². The number of aliphatic hydroxyl groups is 2. The standard InChI is InChI=1S/C28H30O4/c1-31-25-15-5-3-4-6-16(15)26(32-2)20-18-10-17(19(20)25)23-24(18)28(12-30)22-14-8-7-13(9-14)21(22)27(23,28)11-29/h3-8,13-14,17-18,21-24,29-30H,9-12H2,1-2H3/t13-,14+,17-,18+,21+,22-,23-,24+,27+,28-. The van der Waals surface area contributed by atoms with Crippen molar-refractivity contribution in [1.82, 2.24) is 0 Å². The second kappa shape index (κ2) is 5.53. The largest absolute Gasteiger partial charge is 0.496 e. The van der Waals surface area contributed by atoms with Crippen molar-refractivity contribution in [2.24, 2.45) is 46.3 Å². The average Bonchev–Trinajstić information content (AvgIpc) is 3.57. The van der Waals surface area contributed by atoms with Crippen molar-refractivity contribution in [3.05, 3.63) is 47.5 Å². The smallest absolute Gasteiger partial charge is 0.130 e. The summed E-state index contributed by atoms with van der Waals surface area (Å²) in [5, 5.41) is 24.2. The Balaban J connectivity index is 1.39. The molecular formula is C28H30O4. The van der Waals surface area contributed by atoms with Gasteiger partial charge in [0.25, 0.3) is 0 Å². The molecule has 0 saturated heterocycles. The number of fused-ring (bicyclic) bond motifs is 19. The Kier molecular flexibility index (Phi) is 3.18. The van der Waals surface area contributed by atoms with E-state index in [1.54, 1.807) is 14.2 Å². The molecule has 4 bridgehead atoms. The molecule has 0 radical (unpaired) electrons. The molecule has 0 amide bonds. The highest BCUT2D eigenvalue weighted by atomic mass is 16.5. The fourth-order valence-corrected chi connectivity index (χ4v) is 11.0. The van der Waals surface area contributed by atoms with E-state index in [-0.39, 0.29) is 24.0 Å². The molecule has 4 nitrogen and oxygen atoms in total. The van der Waals surface area contributed by atoms with Crippen molar-refractivity contribution in [2.45, 2.75) is 24.7 Å². The van der Waals surface area contributed by atoms with Crippen LogP contribution in [-0.4, -0.2) is 37.6 Å². The summed E-state index contributed by atoms with van der Waals surface area (Å²) in [6.07, 6.45) is 7.14.